The largest absolute Gasteiger partial charge is 0.290 e. The van der Waals surface area contributed by atoms with Crippen LogP contribution in [0, 0.1) is 17.1 Å². The van der Waals surface area contributed by atoms with Crippen molar-refractivity contribution in [3.63, 3.8) is 0 Å². The molecule has 0 aliphatic rings. The molecule has 0 amide bonds. The van der Waals surface area contributed by atoms with Gasteiger partial charge in [0.15, 0.2) is 0 Å². The molecule has 6 nitrogen and oxygen atoms in total. The molecule has 1 aromatic heterocycles. The van der Waals surface area contributed by atoms with Crippen molar-refractivity contribution >= 4 is 22.9 Å². The number of benzene rings is 3. The highest BCUT2D eigenvalue weighted by molar-refractivity contribution is 6.00. The fourth-order valence-electron chi connectivity index (χ4n) is 3.01. The van der Waals surface area contributed by atoms with Crippen LogP contribution in [0.4, 0.5) is 10.3 Å². The van der Waals surface area contributed by atoms with Crippen molar-refractivity contribution in [1.29, 1.82) is 5.26 Å². The number of nitrogens with one attached hydrogen (secondary N) is 2. The number of nitriles is 1. The molecule has 0 bridgehead atoms. The molecule has 0 fully saturated rings. The summed E-state index contributed by atoms with van der Waals surface area (Å²) in [6.45, 7) is 0. The molecule has 140 valence electrons. The van der Waals surface area contributed by atoms with Gasteiger partial charge in [0.05, 0.1) is 11.9 Å². The van der Waals surface area contributed by atoms with E-state index in [-0.39, 0.29) is 23.0 Å². The fourth-order valence-corrected chi connectivity index (χ4v) is 3.01. The first-order chi connectivity index (χ1) is 14.2. The summed E-state index contributed by atoms with van der Waals surface area (Å²) in [6.07, 6.45) is 1.52. The lowest BCUT2D eigenvalue weighted by atomic mass is 10.1. The van der Waals surface area contributed by atoms with Crippen LogP contribution in [0.25, 0.3) is 22.0 Å². The fraction of sp³-hybridized carbons (Fsp3) is 0. The second-order valence-corrected chi connectivity index (χ2v) is 6.17. The normalized spacial score (nSPS) is 10.9. The Morgan fingerprint density at radius 2 is 1.79 bits per heavy atom. The van der Waals surface area contributed by atoms with Crippen LogP contribution in [-0.4, -0.2) is 16.2 Å². The number of halogens is 1. The van der Waals surface area contributed by atoms with Crippen molar-refractivity contribution in [2.75, 3.05) is 5.43 Å². The summed E-state index contributed by atoms with van der Waals surface area (Å²) in [5.41, 5.74) is 3.65. The predicted molar refractivity (Wildman–Crippen MR) is 110 cm³/mol. The van der Waals surface area contributed by atoms with Crippen molar-refractivity contribution < 1.29 is 4.39 Å². The van der Waals surface area contributed by atoms with Crippen LogP contribution >= 0.6 is 0 Å². The number of rotatable bonds is 4. The van der Waals surface area contributed by atoms with Crippen LogP contribution in [0.3, 0.4) is 0 Å². The van der Waals surface area contributed by atoms with Crippen LogP contribution < -0.4 is 11.0 Å². The third-order valence-corrected chi connectivity index (χ3v) is 4.36. The highest BCUT2D eigenvalue weighted by atomic mass is 19.1. The number of anilines is 1. The minimum Gasteiger partial charge on any atom is -0.290 e. The molecule has 4 rings (SSSR count). The number of hydrogen-bond acceptors (Lipinski definition) is 5. The van der Waals surface area contributed by atoms with Crippen LogP contribution in [0.2, 0.25) is 0 Å². The van der Waals surface area contributed by atoms with Gasteiger partial charge in [-0.05, 0) is 11.5 Å². The van der Waals surface area contributed by atoms with Gasteiger partial charge in [0, 0.05) is 16.5 Å². The van der Waals surface area contributed by atoms with E-state index in [0.29, 0.717) is 21.9 Å². The van der Waals surface area contributed by atoms with Crippen LogP contribution in [0.1, 0.15) is 11.1 Å². The van der Waals surface area contributed by atoms with Gasteiger partial charge in [-0.15, -0.1) is 0 Å². The van der Waals surface area contributed by atoms with E-state index >= 15 is 0 Å². The number of aromatic nitrogens is 2. The average Bonchev–Trinajstić information content (AvgIpc) is 2.75. The Labute approximate surface area is 165 Å². The van der Waals surface area contributed by atoms with Gasteiger partial charge in [0.1, 0.15) is 17.4 Å². The zero-order valence-corrected chi connectivity index (χ0v) is 15.1. The maximum Gasteiger partial charge on any atom is 0.270 e. The number of aromatic amines is 1. The van der Waals surface area contributed by atoms with E-state index in [4.69, 9.17) is 0 Å². The van der Waals surface area contributed by atoms with E-state index in [0.717, 1.165) is 0 Å². The van der Waals surface area contributed by atoms with E-state index in [2.05, 4.69) is 20.5 Å². The Kier molecular flexibility index (Phi) is 4.82. The Morgan fingerprint density at radius 3 is 2.59 bits per heavy atom. The van der Waals surface area contributed by atoms with Gasteiger partial charge in [-0.2, -0.15) is 10.4 Å². The number of H-pyrrole nitrogens is 1. The molecular weight excluding hydrogens is 369 g/mol. The molecule has 0 unspecified atom stereocenters. The zero-order valence-electron chi connectivity index (χ0n) is 15.1. The summed E-state index contributed by atoms with van der Waals surface area (Å²) in [4.78, 5) is 19.1. The predicted octanol–water partition coefficient (Wildman–Crippen LogP) is 4.05. The van der Waals surface area contributed by atoms with Crippen LogP contribution in [-0.2, 0) is 0 Å². The van der Waals surface area contributed by atoms with E-state index in [1.807, 2.05) is 12.1 Å². The van der Waals surface area contributed by atoms with Crippen LogP contribution in [0.15, 0.2) is 76.6 Å². The number of fused-ring (bicyclic) bond motifs is 1. The van der Waals surface area contributed by atoms with Crippen molar-refractivity contribution in [3.8, 4) is 17.3 Å². The van der Waals surface area contributed by atoms with Crippen molar-refractivity contribution in [3.05, 3.63) is 94.0 Å². The smallest absolute Gasteiger partial charge is 0.270 e. The molecule has 2 N–H and O–H groups in total. The number of hydrazone groups is 1. The van der Waals surface area contributed by atoms with E-state index in [1.165, 1.54) is 12.3 Å². The molecule has 1 heterocycles. The minimum absolute atomic E-state index is 0.0738. The Bertz CT molecular complexity index is 1320. The molecule has 0 saturated heterocycles. The maximum atomic E-state index is 13.9. The summed E-state index contributed by atoms with van der Waals surface area (Å²) < 4.78 is 13.9. The zero-order chi connectivity index (χ0) is 20.2. The van der Waals surface area contributed by atoms with Gasteiger partial charge in [-0.1, -0.05) is 60.7 Å². The quantitative estimate of drug-likeness (QED) is 0.411. The molecule has 3 aromatic carbocycles. The van der Waals surface area contributed by atoms with Gasteiger partial charge in [0.25, 0.3) is 5.56 Å². The lowest BCUT2D eigenvalue weighted by molar-refractivity contribution is 0.640. The van der Waals surface area contributed by atoms with E-state index in [9.17, 15) is 14.4 Å². The highest BCUT2D eigenvalue weighted by Gasteiger charge is 2.12. The van der Waals surface area contributed by atoms with Crippen molar-refractivity contribution in [2.45, 2.75) is 0 Å². The van der Waals surface area contributed by atoms with Crippen LogP contribution in [0.5, 0.6) is 0 Å². The molecular formula is C22H14FN5O. The minimum atomic E-state index is -0.564. The first-order valence-corrected chi connectivity index (χ1v) is 8.73. The third-order valence-electron chi connectivity index (χ3n) is 4.36. The molecule has 0 aliphatic carbocycles. The molecule has 4 aromatic rings. The van der Waals surface area contributed by atoms with E-state index < -0.39 is 5.56 Å². The third kappa shape index (κ3) is 3.59. The second kappa shape index (κ2) is 7.74. The first kappa shape index (κ1) is 18.1. The van der Waals surface area contributed by atoms with Gasteiger partial charge < -0.3 is 0 Å². The molecule has 29 heavy (non-hydrogen) atoms. The number of hydrogen-bond donors (Lipinski definition) is 2. The molecule has 7 heteroatoms. The lowest BCUT2D eigenvalue weighted by Gasteiger charge is -2.06. The van der Waals surface area contributed by atoms with E-state index in [1.54, 1.807) is 54.6 Å². The SMILES string of the molecule is N#Cc1c(-c2ccccc2)nc(NN=Cc2cccc3c(F)cccc23)[nH]c1=O. The Morgan fingerprint density at radius 1 is 1.03 bits per heavy atom. The average molecular weight is 383 g/mol. The first-order valence-electron chi connectivity index (χ1n) is 8.73. The highest BCUT2D eigenvalue weighted by Crippen LogP contribution is 2.21. The van der Waals surface area contributed by atoms with Crippen molar-refractivity contribution in [1.82, 2.24) is 9.97 Å². The molecule has 0 atom stereocenters. The molecule has 0 aliphatic heterocycles. The molecule has 0 saturated carbocycles. The van der Waals surface area contributed by atoms with Gasteiger partial charge in [-0.25, -0.2) is 14.8 Å². The number of nitrogens with zero attached hydrogens (tertiary/aromatic N) is 3. The second-order valence-electron chi connectivity index (χ2n) is 6.17. The molecule has 0 spiro atoms. The summed E-state index contributed by atoms with van der Waals surface area (Å²) in [5.74, 6) is -0.216. The standard InChI is InChI=1S/C22H14FN5O/c23-19-11-5-9-16-15(8-4-10-17(16)19)13-25-28-22-26-20(14-6-2-1-3-7-14)18(12-24)21(29)27-22/h1-11,13H,(H2,26,27,28,29). The lowest BCUT2D eigenvalue weighted by Crippen LogP contribution is -2.16. The Balaban J connectivity index is 1.68. The maximum absolute atomic E-state index is 13.9. The summed E-state index contributed by atoms with van der Waals surface area (Å²) in [6, 6.07) is 20.9. The Hall–Kier alpha value is -4.31. The monoisotopic (exact) mass is 383 g/mol. The van der Waals surface area contributed by atoms with Gasteiger partial charge >= 0.3 is 0 Å². The van der Waals surface area contributed by atoms with Gasteiger partial charge in [-0.3, -0.25) is 9.78 Å². The molecule has 0 radical (unpaired) electrons. The summed E-state index contributed by atoms with van der Waals surface area (Å²) in [7, 11) is 0. The van der Waals surface area contributed by atoms with Gasteiger partial charge in [0.2, 0.25) is 5.95 Å². The summed E-state index contributed by atoms with van der Waals surface area (Å²) in [5, 5.41) is 14.6. The van der Waals surface area contributed by atoms with Crippen molar-refractivity contribution in [2.24, 2.45) is 5.10 Å². The topological polar surface area (TPSA) is 93.9 Å². The summed E-state index contributed by atoms with van der Waals surface area (Å²) >= 11 is 0.